The molecule has 79 heavy (non-hydrogen) atoms. The lowest BCUT2D eigenvalue weighted by molar-refractivity contribution is -0.301. The van der Waals surface area contributed by atoms with Crippen LogP contribution in [0.5, 0.6) is 0 Å². The Balaban J connectivity index is 2.63. The second-order valence-electron chi connectivity index (χ2n) is 22.4. The number of unbranched alkanes of at least 4 members (excludes halogenated alkanes) is 34. The summed E-state index contributed by atoms with van der Waals surface area (Å²) in [6, 6.07) is 0. The van der Waals surface area contributed by atoms with Gasteiger partial charge in [-0.1, -0.05) is 256 Å². The Kier molecular flexibility index (Phi) is 51.5. The summed E-state index contributed by atoms with van der Waals surface area (Å²) in [5, 5.41) is 31.6. The Bertz CT molecular complexity index is 1560. The molecule has 0 radical (unpaired) electrons. The van der Waals surface area contributed by atoms with Crippen molar-refractivity contribution in [1.29, 1.82) is 0 Å². The van der Waals surface area contributed by atoms with Crippen LogP contribution >= 0.6 is 0 Å². The van der Waals surface area contributed by atoms with E-state index in [0.717, 1.165) is 103 Å². The third kappa shape index (κ3) is 45.0. The molecule has 1 heterocycles. The van der Waals surface area contributed by atoms with Crippen molar-refractivity contribution in [3.63, 3.8) is 0 Å². The van der Waals surface area contributed by atoms with Gasteiger partial charge in [-0.2, -0.15) is 0 Å². The molecular formula is C67H118O12. The summed E-state index contributed by atoms with van der Waals surface area (Å²) in [6.45, 7) is 5.91. The number of aliphatic hydroxyl groups is 2. The molecule has 0 aliphatic carbocycles. The van der Waals surface area contributed by atoms with Gasteiger partial charge in [0.15, 0.2) is 24.6 Å². The number of carbonyl (C=O) groups excluding carboxylic acids is 3. The van der Waals surface area contributed by atoms with Crippen LogP contribution in [0.25, 0.3) is 0 Å². The fourth-order valence-corrected chi connectivity index (χ4v) is 9.91. The highest BCUT2D eigenvalue weighted by Crippen LogP contribution is 2.27. The Morgan fingerprint density at radius 3 is 1.23 bits per heavy atom. The first-order chi connectivity index (χ1) is 38.6. The van der Waals surface area contributed by atoms with E-state index in [1.807, 2.05) is 0 Å². The number of aliphatic carboxylic acids is 1. The van der Waals surface area contributed by atoms with Gasteiger partial charge in [-0.3, -0.25) is 14.4 Å². The highest BCUT2D eigenvalue weighted by atomic mass is 16.7. The standard InChI is InChI=1S/C67H118O12/c1-4-7-10-13-16-19-22-25-27-29-30-32-33-36-38-41-44-47-50-53-59(68)75-56-58(77-60(69)54-51-48-45-42-39-35-24-21-18-15-12-9-6-3)57-76-67-65(63(72)62(71)64(79-67)66(73)74)78-61(70)55-52-49-46-43-40-37-34-31-28-26-23-20-17-14-11-8-5-2/h8,11,17,20,25-28,58,62-65,67,71-72H,4-7,9-10,12-16,18-19,21-24,29-57H2,1-3H3,(H,73,74)/b11-8-,20-17-,27-25-,28-26-. The molecule has 6 unspecified atom stereocenters. The molecule has 0 bridgehead atoms. The maximum absolute atomic E-state index is 13.2. The number of allylic oxidation sites excluding steroid dienone is 8. The Labute approximate surface area is 482 Å². The average Bonchev–Trinajstić information content (AvgIpc) is 3.46. The monoisotopic (exact) mass is 1110 g/mol. The number of carbonyl (C=O) groups is 4. The highest BCUT2D eigenvalue weighted by Gasteiger charge is 2.50. The smallest absolute Gasteiger partial charge is 0.335 e. The van der Waals surface area contributed by atoms with Gasteiger partial charge in [-0.25, -0.2) is 4.79 Å². The predicted molar refractivity (Wildman–Crippen MR) is 322 cm³/mol. The van der Waals surface area contributed by atoms with Gasteiger partial charge in [-0.15, -0.1) is 0 Å². The van der Waals surface area contributed by atoms with Gasteiger partial charge < -0.3 is 39.0 Å². The minimum Gasteiger partial charge on any atom is -0.479 e. The third-order valence-electron chi connectivity index (χ3n) is 14.9. The molecule has 6 atom stereocenters. The molecule has 0 aromatic carbocycles. The minimum absolute atomic E-state index is 0.0512. The Morgan fingerprint density at radius 2 is 0.797 bits per heavy atom. The van der Waals surface area contributed by atoms with Gasteiger partial charge >= 0.3 is 23.9 Å². The van der Waals surface area contributed by atoms with Crippen LogP contribution in [0.3, 0.4) is 0 Å². The van der Waals surface area contributed by atoms with E-state index in [-0.39, 0.29) is 25.9 Å². The fourth-order valence-electron chi connectivity index (χ4n) is 9.91. The zero-order valence-electron chi connectivity index (χ0n) is 50.6. The van der Waals surface area contributed by atoms with E-state index >= 15 is 0 Å². The SMILES string of the molecule is CC/C=C\C/C=C\C/C=C\CCCCCCCCCC(=O)OC1C(OCC(COC(=O)CCCCCCCCCCC/C=C\CCCCCCCC)OC(=O)CCCCCCCCCCCCCCC)OC(C(=O)O)C(O)C1O. The Morgan fingerprint density at radius 1 is 0.430 bits per heavy atom. The molecule has 12 heteroatoms. The average molecular weight is 1120 g/mol. The number of carboxylic acid groups (broad SMARTS) is 1. The van der Waals surface area contributed by atoms with E-state index in [0.29, 0.717) is 19.3 Å². The molecule has 12 nitrogen and oxygen atoms in total. The summed E-state index contributed by atoms with van der Waals surface area (Å²) in [5.74, 6) is -3.11. The van der Waals surface area contributed by atoms with Crippen molar-refractivity contribution >= 4 is 23.9 Å². The second kappa shape index (κ2) is 55.2. The topological polar surface area (TPSA) is 175 Å². The van der Waals surface area contributed by atoms with Gasteiger partial charge in [-0.05, 0) is 77.0 Å². The lowest BCUT2D eigenvalue weighted by atomic mass is 9.98. The number of hydrogen-bond donors (Lipinski definition) is 3. The molecule has 0 amide bonds. The summed E-state index contributed by atoms with van der Waals surface area (Å²) in [7, 11) is 0. The summed E-state index contributed by atoms with van der Waals surface area (Å²) in [6.07, 6.45) is 55.0. The number of ether oxygens (including phenoxy) is 5. The summed E-state index contributed by atoms with van der Waals surface area (Å²) in [4.78, 5) is 51.3. The first-order valence-electron chi connectivity index (χ1n) is 32.6. The zero-order chi connectivity index (χ0) is 57.5. The van der Waals surface area contributed by atoms with Crippen LogP contribution < -0.4 is 0 Å². The van der Waals surface area contributed by atoms with Crippen LogP contribution in [0.2, 0.25) is 0 Å². The predicted octanol–water partition coefficient (Wildman–Crippen LogP) is 17.3. The van der Waals surface area contributed by atoms with Gasteiger partial charge in [0, 0.05) is 19.3 Å². The molecule has 1 aliphatic rings. The number of rotatable bonds is 56. The van der Waals surface area contributed by atoms with E-state index < -0.39 is 67.3 Å². The molecule has 1 aliphatic heterocycles. The van der Waals surface area contributed by atoms with E-state index in [4.69, 9.17) is 23.7 Å². The molecule has 1 saturated heterocycles. The van der Waals surface area contributed by atoms with E-state index in [1.165, 1.54) is 141 Å². The molecule has 1 rings (SSSR count). The zero-order valence-corrected chi connectivity index (χ0v) is 50.6. The number of carboxylic acids is 1. The first kappa shape index (κ1) is 73.7. The van der Waals surface area contributed by atoms with Crippen LogP contribution in [0.15, 0.2) is 48.6 Å². The first-order valence-corrected chi connectivity index (χ1v) is 32.6. The molecule has 0 aromatic rings. The molecule has 0 aromatic heterocycles. The van der Waals surface area contributed by atoms with Gasteiger partial charge in [0.05, 0.1) is 6.61 Å². The van der Waals surface area contributed by atoms with E-state index in [2.05, 4.69) is 69.4 Å². The van der Waals surface area contributed by atoms with Crippen molar-refractivity contribution in [2.75, 3.05) is 13.2 Å². The van der Waals surface area contributed by atoms with Crippen LogP contribution in [0, 0.1) is 0 Å². The van der Waals surface area contributed by atoms with Crippen molar-refractivity contribution in [3.05, 3.63) is 48.6 Å². The number of hydrogen-bond acceptors (Lipinski definition) is 11. The molecule has 0 spiro atoms. The van der Waals surface area contributed by atoms with Crippen LogP contribution in [0.4, 0.5) is 0 Å². The van der Waals surface area contributed by atoms with Crippen molar-refractivity contribution in [3.8, 4) is 0 Å². The summed E-state index contributed by atoms with van der Waals surface area (Å²) < 4.78 is 28.5. The van der Waals surface area contributed by atoms with Crippen molar-refractivity contribution in [2.45, 2.75) is 340 Å². The van der Waals surface area contributed by atoms with Gasteiger partial charge in [0.2, 0.25) is 0 Å². The van der Waals surface area contributed by atoms with Crippen molar-refractivity contribution < 1.29 is 58.2 Å². The lowest BCUT2D eigenvalue weighted by Crippen LogP contribution is -2.61. The molecule has 458 valence electrons. The van der Waals surface area contributed by atoms with E-state index in [1.54, 1.807) is 0 Å². The van der Waals surface area contributed by atoms with Crippen LogP contribution in [0.1, 0.15) is 303 Å². The highest BCUT2D eigenvalue weighted by molar-refractivity contribution is 5.74. The largest absolute Gasteiger partial charge is 0.479 e. The van der Waals surface area contributed by atoms with Gasteiger partial charge in [0.1, 0.15) is 18.8 Å². The van der Waals surface area contributed by atoms with Crippen LogP contribution in [-0.4, -0.2) is 89.2 Å². The summed E-state index contributed by atoms with van der Waals surface area (Å²) in [5.41, 5.74) is 0. The molecular weight excluding hydrogens is 997 g/mol. The normalized spacial score (nSPS) is 18.1. The molecule has 1 fully saturated rings. The summed E-state index contributed by atoms with van der Waals surface area (Å²) >= 11 is 0. The number of esters is 3. The number of aliphatic hydroxyl groups excluding tert-OH is 2. The molecule has 3 N–H and O–H groups in total. The third-order valence-corrected chi connectivity index (χ3v) is 14.9. The van der Waals surface area contributed by atoms with Crippen molar-refractivity contribution in [2.24, 2.45) is 0 Å². The van der Waals surface area contributed by atoms with Crippen molar-refractivity contribution in [1.82, 2.24) is 0 Å². The lowest BCUT2D eigenvalue weighted by Gasteiger charge is -2.40. The van der Waals surface area contributed by atoms with E-state index in [9.17, 15) is 34.5 Å². The fraction of sp³-hybridized carbons (Fsp3) is 0.821. The maximum atomic E-state index is 13.2. The van der Waals surface area contributed by atoms with Crippen LogP contribution in [-0.2, 0) is 42.9 Å². The molecule has 0 saturated carbocycles. The van der Waals surface area contributed by atoms with Gasteiger partial charge in [0.25, 0.3) is 0 Å². The minimum atomic E-state index is -1.91. The quantitative estimate of drug-likeness (QED) is 0.0228. The Hall–Kier alpha value is -3.32. The maximum Gasteiger partial charge on any atom is 0.335 e. The second-order valence-corrected chi connectivity index (χ2v) is 22.4.